The van der Waals surface area contributed by atoms with Crippen LogP contribution in [0.4, 0.5) is 29.5 Å². The lowest BCUT2D eigenvalue weighted by molar-refractivity contribution is -0.0642. The first-order chi connectivity index (χ1) is 52.2. The summed E-state index contributed by atoms with van der Waals surface area (Å²) >= 11 is 0. The molecule has 4 unspecified atom stereocenters. The molecule has 5 aliphatic rings. The molecule has 0 saturated carbocycles. The molecule has 5 fully saturated rings. The number of aromatic amines is 3. The van der Waals surface area contributed by atoms with Crippen LogP contribution in [0.2, 0.25) is 0 Å². The van der Waals surface area contributed by atoms with Gasteiger partial charge in [-0.3, -0.25) is 88.4 Å². The zero-order chi connectivity index (χ0) is 78.1. The number of hydrogen-bond acceptors (Lipinski definition) is 44. The van der Waals surface area contributed by atoms with Gasteiger partial charge < -0.3 is 108 Å². The van der Waals surface area contributed by atoms with Crippen molar-refractivity contribution >= 4 is 117 Å². The highest BCUT2D eigenvalue weighted by atomic mass is 31.2. The maximum atomic E-state index is 14.5. The number of rotatable bonds is 26. The number of fused-ring (bicyclic) bond motifs is 5. The summed E-state index contributed by atoms with van der Waals surface area (Å²) in [5.74, 6) is -1.54. The highest BCUT2D eigenvalue weighted by Gasteiger charge is 2.57. The number of aliphatic hydroxyl groups excluding tert-OH is 7. The number of imidazole rings is 5. The van der Waals surface area contributed by atoms with E-state index in [0.717, 1.165) is 62.6 Å². The van der Waals surface area contributed by atoms with E-state index < -0.39 is 227 Å². The Morgan fingerprint density at radius 1 is 0.364 bits per heavy atom. The molecule has 5 aliphatic heterocycles. The minimum atomic E-state index is -5.91. The summed E-state index contributed by atoms with van der Waals surface area (Å²) in [6, 6.07) is 0. The summed E-state index contributed by atoms with van der Waals surface area (Å²) in [4.78, 5) is 139. The fourth-order valence-corrected chi connectivity index (χ4v) is 16.7. The van der Waals surface area contributed by atoms with Gasteiger partial charge in [-0.1, -0.05) is 0 Å². The lowest BCUT2D eigenvalue weighted by Gasteiger charge is -2.27. The summed E-state index contributed by atoms with van der Waals surface area (Å²) < 4.78 is 134. The Balaban J connectivity index is 0.669. The molecule has 0 bridgehead atoms. The number of ether oxygens (including phenoxy) is 5. The molecule has 10 aromatic rings. The van der Waals surface area contributed by atoms with Gasteiger partial charge in [0, 0.05) is 0 Å². The number of anilines is 5. The molecule has 0 amide bonds. The average Bonchev–Trinajstić information content (AvgIpc) is 1.63. The van der Waals surface area contributed by atoms with E-state index >= 15 is 0 Å². The van der Waals surface area contributed by atoms with Gasteiger partial charge in [0.05, 0.1) is 64.7 Å². The van der Waals surface area contributed by atoms with Gasteiger partial charge in [-0.25, -0.2) is 63.1 Å². The number of aromatic nitrogens is 20. The number of phosphoric acid groups is 4. The van der Waals surface area contributed by atoms with Gasteiger partial charge in [0.1, 0.15) is 115 Å². The third-order valence-corrected chi connectivity index (χ3v) is 21.8. The van der Waals surface area contributed by atoms with Crippen LogP contribution in [0.3, 0.4) is 0 Å². The second kappa shape index (κ2) is 29.0. The standard InChI is InChI=1S/C50H61N25O31P4/c51-33-18-35(58-6-56-33)71(8-60-18)43-24(78)23(77)14(99-43)2-94-107(86,87)104-31-16(101-46(27(31)81)74-11-63-21-38(74)66-49(54)69-41(21)84)4-97-110(92,93)106-32-17(102-47(28(32)82)75-12-64-22-39(75)67-50(55)70-42(22)85)5-96-109(90,91)105-30-15(100-44(26(30)80)72-9-61-19-34(52)57-7-59-36(19)72)3-95-108(88,89)103-29-13(1-76)98-45(25(29)79)73-10-62-20-37(73)65-48(53)68-40(20)83/h6-17,23-32,43-47,76-82H,1-5H2,(H,86,87)(H,88,89)(H,90,91)(H,92,93)(H2,51,56,58)(H2,52,57,59)(H3,53,65,68,83)(H3,54,66,69,84)(H3,55,67,70,85)/t13-,14-,15-,16-,17-,23-,24-,25-,26-,27-,28-,29-,30-,31-,32-,43-,44-,45-,46-,47-/m1/s1. The van der Waals surface area contributed by atoms with E-state index in [-0.39, 0.29) is 62.2 Å². The lowest BCUT2D eigenvalue weighted by Crippen LogP contribution is -2.38. The summed E-state index contributed by atoms with van der Waals surface area (Å²) in [6.07, 6.45) is -31.8. The number of nitrogen functional groups attached to an aromatic ring is 5. The zero-order valence-corrected chi connectivity index (χ0v) is 58.6. The molecule has 24 N–H and O–H groups in total. The van der Waals surface area contributed by atoms with E-state index in [1.54, 1.807) is 0 Å². The van der Waals surface area contributed by atoms with Gasteiger partial charge >= 0.3 is 31.3 Å². The Morgan fingerprint density at radius 2 is 0.627 bits per heavy atom. The van der Waals surface area contributed by atoms with E-state index in [2.05, 4.69) is 74.8 Å². The van der Waals surface area contributed by atoms with Gasteiger partial charge in [-0.05, 0) is 0 Å². The molecule has 0 radical (unpaired) electrons. The third-order valence-electron chi connectivity index (χ3n) is 17.9. The van der Waals surface area contributed by atoms with E-state index in [9.17, 15) is 88.0 Å². The van der Waals surface area contributed by atoms with Crippen molar-refractivity contribution in [1.29, 1.82) is 0 Å². The van der Waals surface area contributed by atoms with Gasteiger partial charge in [-0.15, -0.1) is 0 Å². The summed E-state index contributed by atoms with van der Waals surface area (Å²) in [5.41, 5.74) is 24.7. The van der Waals surface area contributed by atoms with E-state index in [1.807, 2.05) is 0 Å². The lowest BCUT2D eigenvalue weighted by atomic mass is 10.1. The Hall–Kier alpha value is -8.89. The van der Waals surface area contributed by atoms with Crippen molar-refractivity contribution < 1.29 is 133 Å². The number of hydrogen-bond donors (Lipinski definition) is 19. The summed E-state index contributed by atoms with van der Waals surface area (Å²) in [5, 5.41) is 79.8. The van der Waals surface area contributed by atoms with E-state index in [0.29, 0.717) is 0 Å². The molecule has 0 aromatic carbocycles. The summed E-state index contributed by atoms with van der Waals surface area (Å²) in [7, 11) is -23.0. The number of aliphatic hydroxyl groups is 7. The molecule has 0 aliphatic carbocycles. The predicted molar refractivity (Wildman–Crippen MR) is 352 cm³/mol. The first-order valence-electron chi connectivity index (χ1n) is 31.8. The Labute approximate surface area is 605 Å². The molecular weight excluding hydrogens is 1570 g/mol. The quantitative estimate of drug-likeness (QED) is 0.0224. The molecule has 5 saturated heterocycles. The van der Waals surface area contributed by atoms with E-state index in [4.69, 9.17) is 88.5 Å². The van der Waals surface area contributed by atoms with Gasteiger partial charge in [0.15, 0.2) is 87.6 Å². The number of H-pyrrole nitrogens is 3. The molecule has 0 spiro atoms. The van der Waals surface area contributed by atoms with Crippen LogP contribution < -0.4 is 45.3 Å². The van der Waals surface area contributed by atoms with Crippen LogP contribution >= 0.6 is 31.3 Å². The second-order valence-corrected chi connectivity index (χ2v) is 30.4. The first-order valence-corrected chi connectivity index (χ1v) is 37.8. The Kier molecular flexibility index (Phi) is 20.2. The Bertz CT molecular complexity index is 5570. The maximum Gasteiger partial charge on any atom is 0.472 e. The number of nitrogens with one attached hydrogen (secondary N) is 3. The van der Waals surface area contributed by atoms with Gasteiger partial charge in [0.2, 0.25) is 17.8 Å². The molecular formula is C50H61N25O31P4. The molecule has 110 heavy (non-hydrogen) atoms. The number of phosphoric ester groups is 4. The fraction of sp³-hybridized carbons (Fsp3) is 0.500. The molecule has 15 heterocycles. The third kappa shape index (κ3) is 14.3. The average molecular weight is 1630 g/mol. The van der Waals surface area contributed by atoms with Gasteiger partial charge in [-0.2, -0.15) is 15.0 Å². The van der Waals surface area contributed by atoms with Crippen molar-refractivity contribution in [3.05, 3.63) is 75.4 Å². The van der Waals surface area contributed by atoms with Crippen LogP contribution in [0.5, 0.6) is 0 Å². The Morgan fingerprint density at radius 3 is 0.945 bits per heavy atom. The van der Waals surface area contributed by atoms with Crippen molar-refractivity contribution in [1.82, 2.24) is 97.6 Å². The topological polar surface area (TPSA) is 819 Å². The summed E-state index contributed by atoms with van der Waals surface area (Å²) in [6.45, 7) is -5.95. The monoisotopic (exact) mass is 1630 g/mol. The number of nitrogens with two attached hydrogens (primary N) is 5. The van der Waals surface area contributed by atoms with Crippen LogP contribution in [-0.2, 0) is 78.1 Å². The minimum absolute atomic E-state index is 0.0433. The maximum absolute atomic E-state index is 14.5. The van der Waals surface area contributed by atoms with Crippen LogP contribution in [0, 0.1) is 0 Å². The molecule has 56 nitrogen and oxygen atoms in total. The van der Waals surface area contributed by atoms with Crippen LogP contribution in [-0.4, -0.2) is 278 Å². The van der Waals surface area contributed by atoms with Crippen molar-refractivity contribution in [2.75, 3.05) is 61.7 Å². The predicted octanol–water partition coefficient (Wildman–Crippen LogP) is -7.37. The smallest absolute Gasteiger partial charge is 0.394 e. The largest absolute Gasteiger partial charge is 0.472 e. The second-order valence-electron chi connectivity index (χ2n) is 24.8. The van der Waals surface area contributed by atoms with Crippen molar-refractivity contribution in [2.24, 2.45) is 0 Å². The first kappa shape index (κ1) is 76.5. The van der Waals surface area contributed by atoms with Crippen molar-refractivity contribution in [2.45, 2.75) is 123 Å². The molecule has 24 atom stereocenters. The van der Waals surface area contributed by atoms with Crippen LogP contribution in [0.25, 0.3) is 55.8 Å². The van der Waals surface area contributed by atoms with Crippen LogP contribution in [0.15, 0.2) is 58.7 Å². The molecule has 10 aromatic heterocycles. The zero-order valence-electron chi connectivity index (χ0n) is 55.0. The molecule has 592 valence electrons. The van der Waals surface area contributed by atoms with Crippen molar-refractivity contribution in [3.63, 3.8) is 0 Å². The highest BCUT2D eigenvalue weighted by molar-refractivity contribution is 7.48. The fourth-order valence-electron chi connectivity index (χ4n) is 12.9. The highest BCUT2D eigenvalue weighted by Crippen LogP contribution is 2.56. The van der Waals surface area contributed by atoms with Crippen molar-refractivity contribution in [3.8, 4) is 0 Å². The normalized spacial score (nSPS) is 31.5. The SMILES string of the molecule is Nc1nc2c(ncn2[C@@H]2O[C@H](CO)[C@@H](OP(=O)(O)OC[C@H]3O[C@@H](n4cnc5c(N)ncnc54)[C@H](O)[C@@H]3OP(=O)(O)OC[C@H]3O[C@@H](n4cnc5c(=O)[nH]c(N)nc54)[C@H](O)[C@@H]3OP(=O)(O)OC[C@H]3O[C@@H](n4cnc5c(=O)[nH]c(N)nc54)[C@H](O)[C@@H]3OP(=O)(O)OC[C@H]3O[C@@H](n4cnc5c(N)ncnc54)[C@H](O)[C@@H]3O)[C@H]2O)c(=O)[nH]1. The minimum Gasteiger partial charge on any atom is -0.394 e. The van der Waals surface area contributed by atoms with E-state index in [1.165, 1.54) is 4.57 Å². The molecule has 60 heteroatoms. The number of nitrogens with zero attached hydrogens (tertiary/aromatic N) is 17. The van der Waals surface area contributed by atoms with Gasteiger partial charge in [0.25, 0.3) is 16.7 Å². The molecule has 15 rings (SSSR count). The van der Waals surface area contributed by atoms with Crippen LogP contribution in [0.1, 0.15) is 31.1 Å².